The highest BCUT2D eigenvalue weighted by Crippen LogP contribution is 2.32. The van der Waals surface area contributed by atoms with E-state index in [1.165, 1.54) is 24.3 Å². The van der Waals surface area contributed by atoms with Gasteiger partial charge in [-0.05, 0) is 80.8 Å². The molecule has 3 amide bonds. The van der Waals surface area contributed by atoms with E-state index >= 15 is 0 Å². The zero-order valence-electron chi connectivity index (χ0n) is 18.7. The van der Waals surface area contributed by atoms with Crippen LogP contribution in [0.5, 0.6) is 0 Å². The Bertz CT molecular complexity index is 1170. The number of anilines is 4. The first-order valence-electron chi connectivity index (χ1n) is 11.0. The smallest absolute Gasteiger partial charge is 0.323 e. The predicted molar refractivity (Wildman–Crippen MR) is 131 cm³/mol. The molecule has 0 unspecified atom stereocenters. The summed E-state index contributed by atoms with van der Waals surface area (Å²) in [6.45, 7) is 5.78. The number of rotatable bonds is 5. The van der Waals surface area contributed by atoms with Crippen LogP contribution in [0, 0.1) is 19.7 Å². The maximum atomic E-state index is 13.2. The first kappa shape index (κ1) is 22.3. The summed E-state index contributed by atoms with van der Waals surface area (Å²) in [5, 5.41) is 8.67. The number of nitrogens with one attached hydrogen (secondary N) is 3. The molecule has 1 aliphatic rings. The van der Waals surface area contributed by atoms with E-state index in [9.17, 15) is 14.0 Å². The average molecular weight is 447 g/mol. The monoisotopic (exact) mass is 446 g/mol. The molecule has 0 radical (unpaired) electrons. The number of nitrogens with zero attached hydrogens (tertiary/aromatic N) is 1. The number of aryl methyl sites for hydroxylation is 2. The van der Waals surface area contributed by atoms with E-state index in [4.69, 9.17) is 0 Å². The number of benzene rings is 3. The van der Waals surface area contributed by atoms with Crippen molar-refractivity contribution in [1.29, 1.82) is 0 Å². The molecule has 1 heterocycles. The standard InChI is InChI=1S/C26H27FN4O2/c1-17-5-11-22(18(2)15-17)29-26(33)30-23-16-21(10-12-24(23)31-13-3-4-14-31)28-25(32)19-6-8-20(27)9-7-19/h5-12,15-16H,3-4,13-14H2,1-2H3,(H,28,32)(H2,29,30,33). The number of urea groups is 1. The molecule has 1 fully saturated rings. The molecule has 1 saturated heterocycles. The molecule has 4 rings (SSSR count). The fourth-order valence-electron chi connectivity index (χ4n) is 3.98. The van der Waals surface area contributed by atoms with Crippen molar-refractivity contribution < 1.29 is 14.0 Å². The second kappa shape index (κ2) is 9.73. The third kappa shape index (κ3) is 5.49. The predicted octanol–water partition coefficient (Wildman–Crippen LogP) is 5.94. The molecule has 6 nitrogen and oxygen atoms in total. The molecule has 3 N–H and O–H groups in total. The molecule has 0 bridgehead atoms. The van der Waals surface area contributed by atoms with Crippen molar-refractivity contribution in [2.45, 2.75) is 26.7 Å². The Hall–Kier alpha value is -3.87. The van der Waals surface area contributed by atoms with Gasteiger partial charge in [-0.3, -0.25) is 4.79 Å². The zero-order valence-corrected chi connectivity index (χ0v) is 18.7. The van der Waals surface area contributed by atoms with Crippen molar-refractivity contribution >= 4 is 34.7 Å². The Morgan fingerprint density at radius 2 is 1.52 bits per heavy atom. The molecule has 7 heteroatoms. The Morgan fingerprint density at radius 1 is 0.818 bits per heavy atom. The van der Waals surface area contributed by atoms with Crippen LogP contribution in [0.3, 0.4) is 0 Å². The van der Waals surface area contributed by atoms with Gasteiger partial charge in [-0.2, -0.15) is 0 Å². The Morgan fingerprint density at radius 3 is 2.21 bits per heavy atom. The maximum absolute atomic E-state index is 13.2. The molecule has 0 atom stereocenters. The molecule has 3 aromatic carbocycles. The van der Waals surface area contributed by atoms with Gasteiger partial charge >= 0.3 is 6.03 Å². The first-order chi connectivity index (χ1) is 15.9. The average Bonchev–Trinajstić information content (AvgIpc) is 3.31. The fourth-order valence-corrected chi connectivity index (χ4v) is 3.98. The summed E-state index contributed by atoms with van der Waals surface area (Å²) in [6.07, 6.45) is 2.19. The van der Waals surface area contributed by atoms with E-state index in [0.717, 1.165) is 48.4 Å². The summed E-state index contributed by atoms with van der Waals surface area (Å²) in [6, 6.07) is 16.3. The topological polar surface area (TPSA) is 73.5 Å². The SMILES string of the molecule is Cc1ccc(NC(=O)Nc2cc(NC(=O)c3ccc(F)cc3)ccc2N2CCCC2)c(C)c1. The molecule has 33 heavy (non-hydrogen) atoms. The van der Waals surface area contributed by atoms with Crippen molar-refractivity contribution in [2.75, 3.05) is 33.9 Å². The van der Waals surface area contributed by atoms with Crippen molar-refractivity contribution in [3.63, 3.8) is 0 Å². The number of hydrogen-bond donors (Lipinski definition) is 3. The van der Waals surface area contributed by atoms with Crippen LogP contribution in [-0.4, -0.2) is 25.0 Å². The summed E-state index contributed by atoms with van der Waals surface area (Å²) < 4.78 is 13.2. The highest BCUT2D eigenvalue weighted by atomic mass is 19.1. The van der Waals surface area contributed by atoms with Crippen LogP contribution in [0.4, 0.5) is 31.9 Å². The zero-order chi connectivity index (χ0) is 23.4. The van der Waals surface area contributed by atoms with Gasteiger partial charge in [-0.1, -0.05) is 17.7 Å². The van der Waals surface area contributed by atoms with Gasteiger partial charge in [0.1, 0.15) is 5.82 Å². The molecule has 170 valence electrons. The summed E-state index contributed by atoms with van der Waals surface area (Å²) in [7, 11) is 0. The van der Waals surface area contributed by atoms with Crippen LogP contribution in [0.2, 0.25) is 0 Å². The van der Waals surface area contributed by atoms with E-state index in [1.807, 2.05) is 44.2 Å². The Kier molecular flexibility index (Phi) is 6.58. The lowest BCUT2D eigenvalue weighted by Gasteiger charge is -2.23. The number of hydrogen-bond acceptors (Lipinski definition) is 3. The van der Waals surface area contributed by atoms with Crippen LogP contribution in [-0.2, 0) is 0 Å². The summed E-state index contributed by atoms with van der Waals surface area (Å²) >= 11 is 0. The minimum Gasteiger partial charge on any atom is -0.370 e. The quantitative estimate of drug-likeness (QED) is 0.454. The molecule has 3 aromatic rings. The van der Waals surface area contributed by atoms with E-state index in [1.54, 1.807) is 6.07 Å². The van der Waals surface area contributed by atoms with E-state index in [-0.39, 0.29) is 11.9 Å². The molecular formula is C26H27FN4O2. The Balaban J connectivity index is 1.55. The summed E-state index contributed by atoms with van der Waals surface area (Å²) in [5.41, 5.74) is 5.24. The van der Waals surface area contributed by atoms with E-state index in [2.05, 4.69) is 20.9 Å². The molecular weight excluding hydrogens is 419 g/mol. The first-order valence-corrected chi connectivity index (χ1v) is 11.0. The van der Waals surface area contributed by atoms with Crippen molar-refractivity contribution in [1.82, 2.24) is 0 Å². The molecule has 0 saturated carbocycles. The number of amides is 3. The molecule has 0 spiro atoms. The van der Waals surface area contributed by atoms with Crippen molar-refractivity contribution in [3.8, 4) is 0 Å². The van der Waals surface area contributed by atoms with Crippen LogP contribution >= 0.6 is 0 Å². The van der Waals surface area contributed by atoms with Crippen LogP contribution in [0.1, 0.15) is 34.3 Å². The maximum Gasteiger partial charge on any atom is 0.323 e. The third-order valence-electron chi connectivity index (χ3n) is 5.69. The highest BCUT2D eigenvalue weighted by molar-refractivity contribution is 6.06. The lowest BCUT2D eigenvalue weighted by atomic mass is 10.1. The minimum atomic E-state index is -0.400. The van der Waals surface area contributed by atoms with Gasteiger partial charge < -0.3 is 20.9 Å². The van der Waals surface area contributed by atoms with Gasteiger partial charge in [-0.15, -0.1) is 0 Å². The van der Waals surface area contributed by atoms with Gasteiger partial charge in [-0.25, -0.2) is 9.18 Å². The molecule has 0 aliphatic carbocycles. The highest BCUT2D eigenvalue weighted by Gasteiger charge is 2.18. The number of carbonyl (C=O) groups is 2. The number of halogens is 1. The summed E-state index contributed by atoms with van der Waals surface area (Å²) in [4.78, 5) is 27.6. The Labute approximate surface area is 192 Å². The van der Waals surface area contributed by atoms with Crippen LogP contribution in [0.15, 0.2) is 60.7 Å². The summed E-state index contributed by atoms with van der Waals surface area (Å²) in [5.74, 6) is -0.752. The van der Waals surface area contributed by atoms with E-state index in [0.29, 0.717) is 16.9 Å². The largest absolute Gasteiger partial charge is 0.370 e. The molecule has 0 aromatic heterocycles. The van der Waals surface area contributed by atoms with Gasteiger partial charge in [0, 0.05) is 30.0 Å². The second-order valence-electron chi connectivity index (χ2n) is 8.28. The fraction of sp³-hybridized carbons (Fsp3) is 0.231. The normalized spacial score (nSPS) is 13.0. The molecule has 1 aliphatic heterocycles. The van der Waals surface area contributed by atoms with Crippen molar-refractivity contribution in [3.05, 3.63) is 83.2 Å². The minimum absolute atomic E-state index is 0.349. The van der Waals surface area contributed by atoms with Crippen LogP contribution in [0.25, 0.3) is 0 Å². The lowest BCUT2D eigenvalue weighted by Crippen LogP contribution is -2.24. The number of carbonyl (C=O) groups excluding carboxylic acids is 2. The van der Waals surface area contributed by atoms with Crippen LogP contribution < -0.4 is 20.9 Å². The third-order valence-corrected chi connectivity index (χ3v) is 5.69. The van der Waals surface area contributed by atoms with Gasteiger partial charge in [0.25, 0.3) is 5.91 Å². The lowest BCUT2D eigenvalue weighted by molar-refractivity contribution is 0.102. The second-order valence-corrected chi connectivity index (χ2v) is 8.28. The van der Waals surface area contributed by atoms with Crippen molar-refractivity contribution in [2.24, 2.45) is 0 Å². The van der Waals surface area contributed by atoms with Gasteiger partial charge in [0.05, 0.1) is 11.4 Å². The van der Waals surface area contributed by atoms with E-state index < -0.39 is 5.82 Å². The van der Waals surface area contributed by atoms with Gasteiger partial charge in [0.15, 0.2) is 0 Å². The van der Waals surface area contributed by atoms with Gasteiger partial charge in [0.2, 0.25) is 0 Å².